The van der Waals surface area contributed by atoms with E-state index in [4.69, 9.17) is 4.43 Å². The summed E-state index contributed by atoms with van der Waals surface area (Å²) in [4.78, 5) is 11.8. The highest BCUT2D eigenvalue weighted by atomic mass is 28.4. The first-order valence-electron chi connectivity index (χ1n) is 8.14. The molecule has 0 amide bonds. The first kappa shape index (κ1) is 16.3. The molecule has 0 fully saturated rings. The lowest BCUT2D eigenvalue weighted by molar-refractivity contribution is 0.0994. The maximum Gasteiger partial charge on any atom is 0.258 e. The molecule has 0 aliphatic heterocycles. The van der Waals surface area contributed by atoms with Gasteiger partial charge in [0.25, 0.3) is 8.32 Å². The molecule has 0 aromatic heterocycles. The summed E-state index contributed by atoms with van der Waals surface area (Å²) in [6.07, 6.45) is 1.52. The molecule has 21 heavy (non-hydrogen) atoms. The standard InChI is InChI=1S/C18H28O2Si/c1-12(2)21(13(3)4,14(5)6)20-16-8-9-17-15(11-16)7-10-18(17)19/h8-9,11-14H,7,10H2,1-6H3. The molecule has 3 heteroatoms. The van der Waals surface area contributed by atoms with E-state index in [0.29, 0.717) is 23.0 Å². The lowest BCUT2D eigenvalue weighted by Crippen LogP contribution is -2.50. The van der Waals surface area contributed by atoms with Gasteiger partial charge < -0.3 is 4.43 Å². The van der Waals surface area contributed by atoms with Crippen LogP contribution in [0, 0.1) is 0 Å². The summed E-state index contributed by atoms with van der Waals surface area (Å²) < 4.78 is 6.67. The number of Topliss-reactive ketones (excluding diaryl/α,β-unsaturated/α-hetero) is 1. The van der Waals surface area contributed by atoms with E-state index in [1.807, 2.05) is 12.1 Å². The van der Waals surface area contributed by atoms with Crippen LogP contribution in [0.4, 0.5) is 0 Å². The topological polar surface area (TPSA) is 26.3 Å². The minimum Gasteiger partial charge on any atom is -0.543 e. The van der Waals surface area contributed by atoms with E-state index in [1.165, 1.54) is 0 Å². The largest absolute Gasteiger partial charge is 0.543 e. The summed E-state index contributed by atoms with van der Waals surface area (Å²) in [6, 6.07) is 6.06. The average Bonchev–Trinajstić information content (AvgIpc) is 2.76. The Morgan fingerprint density at radius 1 is 0.952 bits per heavy atom. The van der Waals surface area contributed by atoms with E-state index in [1.54, 1.807) is 0 Å². The monoisotopic (exact) mass is 304 g/mol. The third-order valence-corrected chi connectivity index (χ3v) is 11.0. The summed E-state index contributed by atoms with van der Waals surface area (Å²) in [7, 11) is -1.90. The van der Waals surface area contributed by atoms with Crippen molar-refractivity contribution in [1.82, 2.24) is 0 Å². The zero-order valence-corrected chi connectivity index (χ0v) is 15.2. The van der Waals surface area contributed by atoms with Crippen molar-refractivity contribution in [2.24, 2.45) is 0 Å². The fraction of sp³-hybridized carbons (Fsp3) is 0.611. The summed E-state index contributed by atoms with van der Waals surface area (Å²) >= 11 is 0. The molecule has 2 rings (SSSR count). The number of hydrogen-bond donors (Lipinski definition) is 0. The van der Waals surface area contributed by atoms with Gasteiger partial charge in [-0.15, -0.1) is 0 Å². The minimum atomic E-state index is -1.90. The van der Waals surface area contributed by atoms with E-state index < -0.39 is 8.32 Å². The van der Waals surface area contributed by atoms with E-state index in [2.05, 4.69) is 47.6 Å². The molecule has 0 saturated heterocycles. The number of carbonyl (C=O) groups excluding carboxylic acids is 1. The van der Waals surface area contributed by atoms with Crippen molar-refractivity contribution in [2.75, 3.05) is 0 Å². The normalized spacial score (nSPS) is 15.2. The van der Waals surface area contributed by atoms with Gasteiger partial charge in [-0.25, -0.2) is 0 Å². The van der Waals surface area contributed by atoms with Crippen LogP contribution in [-0.2, 0) is 6.42 Å². The third kappa shape index (κ3) is 2.80. The fourth-order valence-electron chi connectivity index (χ4n) is 4.05. The Hall–Kier alpha value is -1.09. The van der Waals surface area contributed by atoms with Gasteiger partial charge in [-0.2, -0.15) is 0 Å². The SMILES string of the molecule is CC(C)[Si](Oc1ccc2c(c1)CCC2=O)(C(C)C)C(C)C. The first-order chi connectivity index (χ1) is 9.79. The van der Waals surface area contributed by atoms with Gasteiger partial charge in [-0.1, -0.05) is 41.5 Å². The summed E-state index contributed by atoms with van der Waals surface area (Å²) in [5, 5.41) is 0. The maximum atomic E-state index is 11.8. The van der Waals surface area contributed by atoms with Crippen molar-refractivity contribution in [1.29, 1.82) is 0 Å². The second kappa shape index (κ2) is 5.96. The Morgan fingerprint density at radius 3 is 2.05 bits per heavy atom. The molecule has 1 aromatic carbocycles. The van der Waals surface area contributed by atoms with Gasteiger partial charge in [0.1, 0.15) is 5.75 Å². The molecule has 0 radical (unpaired) electrons. The highest BCUT2D eigenvalue weighted by Gasteiger charge is 2.47. The van der Waals surface area contributed by atoms with Crippen molar-refractivity contribution in [3.63, 3.8) is 0 Å². The smallest absolute Gasteiger partial charge is 0.258 e. The van der Waals surface area contributed by atoms with Gasteiger partial charge in [0.05, 0.1) is 0 Å². The zero-order valence-electron chi connectivity index (χ0n) is 14.2. The highest BCUT2D eigenvalue weighted by molar-refractivity contribution is 6.78. The third-order valence-electron chi connectivity index (χ3n) is 5.00. The molecule has 0 spiro atoms. The van der Waals surface area contributed by atoms with E-state index in [0.717, 1.165) is 23.3 Å². The number of ketones is 1. The van der Waals surface area contributed by atoms with Crippen LogP contribution in [0.2, 0.25) is 16.6 Å². The van der Waals surface area contributed by atoms with Crippen LogP contribution in [0.1, 0.15) is 63.9 Å². The number of aryl methyl sites for hydroxylation is 1. The molecule has 2 nitrogen and oxygen atoms in total. The number of benzene rings is 1. The number of carbonyl (C=O) groups is 1. The van der Waals surface area contributed by atoms with Crippen LogP contribution in [-0.4, -0.2) is 14.1 Å². The van der Waals surface area contributed by atoms with Gasteiger partial charge in [-0.05, 0) is 46.8 Å². The molecule has 1 aliphatic carbocycles. The van der Waals surface area contributed by atoms with Crippen LogP contribution in [0.15, 0.2) is 18.2 Å². The quantitative estimate of drug-likeness (QED) is 0.684. The lowest BCUT2D eigenvalue weighted by Gasteiger charge is -2.42. The number of fused-ring (bicyclic) bond motifs is 1. The van der Waals surface area contributed by atoms with Crippen LogP contribution in [0.5, 0.6) is 5.75 Å². The first-order valence-corrected chi connectivity index (χ1v) is 10.3. The Balaban J connectivity index is 2.36. The lowest BCUT2D eigenvalue weighted by atomic mass is 10.1. The molecule has 1 aliphatic rings. The van der Waals surface area contributed by atoms with Crippen LogP contribution in [0.3, 0.4) is 0 Å². The molecular weight excluding hydrogens is 276 g/mol. The van der Waals surface area contributed by atoms with Crippen molar-refractivity contribution in [3.8, 4) is 5.75 Å². The van der Waals surface area contributed by atoms with Crippen molar-refractivity contribution in [2.45, 2.75) is 71.0 Å². The molecule has 0 saturated carbocycles. The van der Waals surface area contributed by atoms with E-state index >= 15 is 0 Å². The molecule has 0 atom stereocenters. The molecule has 0 N–H and O–H groups in total. The molecular formula is C18H28O2Si. The van der Waals surface area contributed by atoms with Crippen molar-refractivity contribution < 1.29 is 9.22 Å². The predicted molar refractivity (Wildman–Crippen MR) is 90.8 cm³/mol. The number of rotatable bonds is 5. The second-order valence-electron chi connectivity index (χ2n) is 7.16. The van der Waals surface area contributed by atoms with Gasteiger partial charge in [0, 0.05) is 12.0 Å². The molecule has 0 heterocycles. The highest BCUT2D eigenvalue weighted by Crippen LogP contribution is 2.43. The predicted octanol–water partition coefficient (Wildman–Crippen LogP) is 5.37. The van der Waals surface area contributed by atoms with Gasteiger partial charge in [-0.3, -0.25) is 4.79 Å². The van der Waals surface area contributed by atoms with Gasteiger partial charge in [0.2, 0.25) is 0 Å². The molecule has 1 aromatic rings. The fourth-order valence-corrected chi connectivity index (χ4v) is 9.30. The van der Waals surface area contributed by atoms with E-state index in [9.17, 15) is 4.79 Å². The molecule has 0 bridgehead atoms. The Kier molecular flexibility index (Phi) is 4.62. The van der Waals surface area contributed by atoms with Crippen LogP contribution < -0.4 is 4.43 Å². The van der Waals surface area contributed by atoms with Crippen LogP contribution in [0.25, 0.3) is 0 Å². The average molecular weight is 305 g/mol. The Bertz CT molecular complexity index is 510. The number of hydrogen-bond acceptors (Lipinski definition) is 2. The van der Waals surface area contributed by atoms with Gasteiger partial charge >= 0.3 is 0 Å². The van der Waals surface area contributed by atoms with Crippen molar-refractivity contribution >= 4 is 14.1 Å². The maximum absolute atomic E-state index is 11.8. The molecule has 116 valence electrons. The Labute approximate surface area is 130 Å². The Morgan fingerprint density at radius 2 is 1.52 bits per heavy atom. The zero-order chi connectivity index (χ0) is 15.8. The molecule has 0 unspecified atom stereocenters. The summed E-state index contributed by atoms with van der Waals surface area (Å²) in [5.41, 5.74) is 3.75. The van der Waals surface area contributed by atoms with Crippen LogP contribution >= 0.6 is 0 Å². The van der Waals surface area contributed by atoms with E-state index in [-0.39, 0.29) is 5.78 Å². The van der Waals surface area contributed by atoms with Gasteiger partial charge in [0.15, 0.2) is 5.78 Å². The summed E-state index contributed by atoms with van der Waals surface area (Å²) in [6.45, 7) is 13.8. The van der Waals surface area contributed by atoms with Crippen molar-refractivity contribution in [3.05, 3.63) is 29.3 Å². The summed E-state index contributed by atoms with van der Waals surface area (Å²) in [5.74, 6) is 1.24. The minimum absolute atomic E-state index is 0.275. The second-order valence-corrected chi connectivity index (χ2v) is 12.5.